The largest absolute Gasteiger partial charge is 0.481 e. The molecule has 2 heterocycles. The lowest BCUT2D eigenvalue weighted by Gasteiger charge is -2.37. The van der Waals surface area contributed by atoms with Gasteiger partial charge in [-0.2, -0.15) is 0 Å². The molecule has 0 amide bonds. The van der Waals surface area contributed by atoms with Crippen LogP contribution in [0.3, 0.4) is 0 Å². The lowest BCUT2D eigenvalue weighted by molar-refractivity contribution is -0.149. The van der Waals surface area contributed by atoms with Gasteiger partial charge in [0.15, 0.2) is 0 Å². The quantitative estimate of drug-likeness (QED) is 0.851. The summed E-state index contributed by atoms with van der Waals surface area (Å²) in [7, 11) is 0. The van der Waals surface area contributed by atoms with Crippen LogP contribution in [-0.2, 0) is 4.79 Å². The Balaban J connectivity index is 2.07. The number of anilines is 1. The molecule has 1 fully saturated rings. The fourth-order valence-electron chi connectivity index (χ4n) is 2.20. The Bertz CT molecular complexity index is 423. The molecule has 0 bridgehead atoms. The van der Waals surface area contributed by atoms with E-state index in [4.69, 9.17) is 5.11 Å². The lowest BCUT2D eigenvalue weighted by atomic mass is 9.80. The van der Waals surface area contributed by atoms with E-state index in [1.54, 1.807) is 6.20 Å². The summed E-state index contributed by atoms with van der Waals surface area (Å²) in [6, 6.07) is 4.03. The van der Waals surface area contributed by atoms with E-state index in [1.807, 2.05) is 26.0 Å². The Morgan fingerprint density at radius 1 is 1.47 bits per heavy atom. The molecule has 1 saturated heterocycles. The molecule has 1 aliphatic heterocycles. The van der Waals surface area contributed by atoms with E-state index >= 15 is 0 Å². The third kappa shape index (κ3) is 2.40. The first-order valence-corrected chi connectivity index (χ1v) is 5.92. The first-order chi connectivity index (χ1) is 8.01. The van der Waals surface area contributed by atoms with Gasteiger partial charge in [-0.05, 0) is 38.8 Å². The molecular formula is C13H18N2O2. The number of carboxylic acid groups (broad SMARTS) is 1. The van der Waals surface area contributed by atoms with Crippen molar-refractivity contribution in [1.29, 1.82) is 0 Å². The zero-order valence-corrected chi connectivity index (χ0v) is 10.3. The Morgan fingerprint density at radius 3 is 2.65 bits per heavy atom. The summed E-state index contributed by atoms with van der Waals surface area (Å²) in [4.78, 5) is 17.6. The van der Waals surface area contributed by atoms with E-state index < -0.39 is 11.4 Å². The highest BCUT2D eigenvalue weighted by Crippen LogP contribution is 2.33. The van der Waals surface area contributed by atoms with Gasteiger partial charge in [-0.1, -0.05) is 0 Å². The van der Waals surface area contributed by atoms with Gasteiger partial charge in [0.05, 0.1) is 5.41 Å². The number of nitrogens with zero attached hydrogens (tertiary/aromatic N) is 2. The second kappa shape index (κ2) is 4.35. The van der Waals surface area contributed by atoms with E-state index in [9.17, 15) is 4.79 Å². The van der Waals surface area contributed by atoms with Crippen LogP contribution in [0, 0.1) is 12.3 Å². The number of rotatable bonds is 2. The van der Waals surface area contributed by atoms with Crippen molar-refractivity contribution in [3.8, 4) is 0 Å². The summed E-state index contributed by atoms with van der Waals surface area (Å²) in [6.07, 6.45) is 3.20. The van der Waals surface area contributed by atoms with Gasteiger partial charge < -0.3 is 10.0 Å². The molecule has 0 aliphatic carbocycles. The predicted octanol–water partition coefficient (Wildman–Crippen LogP) is 2.08. The molecule has 17 heavy (non-hydrogen) atoms. The van der Waals surface area contributed by atoms with Crippen molar-refractivity contribution in [2.45, 2.75) is 26.7 Å². The fourth-order valence-corrected chi connectivity index (χ4v) is 2.20. The Hall–Kier alpha value is -1.58. The van der Waals surface area contributed by atoms with Crippen molar-refractivity contribution in [3.05, 3.63) is 24.0 Å². The summed E-state index contributed by atoms with van der Waals surface area (Å²) < 4.78 is 0. The van der Waals surface area contributed by atoms with Crippen LogP contribution in [0.4, 0.5) is 5.69 Å². The first-order valence-electron chi connectivity index (χ1n) is 5.92. The van der Waals surface area contributed by atoms with E-state index in [-0.39, 0.29) is 0 Å². The number of piperidine rings is 1. The zero-order chi connectivity index (χ0) is 12.5. The molecule has 1 aromatic heterocycles. The molecule has 92 valence electrons. The van der Waals surface area contributed by atoms with Crippen LogP contribution in [0.1, 0.15) is 25.5 Å². The second-order valence-electron chi connectivity index (χ2n) is 5.01. The standard InChI is InChI=1S/C13H18N2O2/c1-10-9-11(3-6-14-10)15-7-4-13(2,5-8-15)12(16)17/h3,6,9H,4-5,7-8H2,1-2H3,(H,16,17). The maximum atomic E-state index is 11.1. The maximum absolute atomic E-state index is 11.1. The summed E-state index contributed by atoms with van der Waals surface area (Å²) in [5, 5.41) is 9.17. The molecular weight excluding hydrogens is 216 g/mol. The number of carbonyl (C=O) groups is 1. The molecule has 0 aromatic carbocycles. The fraction of sp³-hybridized carbons (Fsp3) is 0.538. The minimum Gasteiger partial charge on any atom is -0.481 e. The number of aliphatic carboxylic acids is 1. The van der Waals surface area contributed by atoms with Crippen molar-refractivity contribution in [2.75, 3.05) is 18.0 Å². The van der Waals surface area contributed by atoms with Gasteiger partial charge in [0.1, 0.15) is 0 Å². The third-order valence-corrected chi connectivity index (χ3v) is 3.63. The number of hydrogen-bond donors (Lipinski definition) is 1. The molecule has 0 saturated carbocycles. The predicted molar refractivity (Wildman–Crippen MR) is 66.2 cm³/mol. The SMILES string of the molecule is Cc1cc(N2CCC(C)(C(=O)O)CC2)ccn1. The van der Waals surface area contributed by atoms with Gasteiger partial charge in [-0.3, -0.25) is 9.78 Å². The van der Waals surface area contributed by atoms with Crippen LogP contribution < -0.4 is 4.90 Å². The number of carboxylic acids is 1. The topological polar surface area (TPSA) is 53.4 Å². The lowest BCUT2D eigenvalue weighted by Crippen LogP contribution is -2.42. The minimum atomic E-state index is -0.678. The second-order valence-corrected chi connectivity index (χ2v) is 5.01. The van der Waals surface area contributed by atoms with Gasteiger partial charge in [0.2, 0.25) is 0 Å². The number of aromatic nitrogens is 1. The van der Waals surface area contributed by atoms with Gasteiger partial charge in [0.25, 0.3) is 0 Å². The van der Waals surface area contributed by atoms with Crippen LogP contribution in [0.15, 0.2) is 18.3 Å². The van der Waals surface area contributed by atoms with Gasteiger partial charge in [0, 0.05) is 30.7 Å². The Labute approximate surface area is 101 Å². The van der Waals surface area contributed by atoms with Crippen molar-refractivity contribution < 1.29 is 9.90 Å². The molecule has 1 N–H and O–H groups in total. The van der Waals surface area contributed by atoms with E-state index in [0.717, 1.165) is 24.5 Å². The summed E-state index contributed by atoms with van der Waals surface area (Å²) in [5.41, 5.74) is 1.58. The van der Waals surface area contributed by atoms with Gasteiger partial charge in [-0.15, -0.1) is 0 Å². The highest BCUT2D eigenvalue weighted by molar-refractivity contribution is 5.74. The Morgan fingerprint density at radius 2 is 2.12 bits per heavy atom. The van der Waals surface area contributed by atoms with Crippen LogP contribution >= 0.6 is 0 Å². The average Bonchev–Trinajstić information content (AvgIpc) is 2.30. The van der Waals surface area contributed by atoms with E-state index in [1.165, 1.54) is 0 Å². The number of aryl methyl sites for hydroxylation is 1. The zero-order valence-electron chi connectivity index (χ0n) is 10.3. The van der Waals surface area contributed by atoms with Crippen molar-refractivity contribution in [2.24, 2.45) is 5.41 Å². The average molecular weight is 234 g/mol. The van der Waals surface area contributed by atoms with Crippen molar-refractivity contribution >= 4 is 11.7 Å². The van der Waals surface area contributed by atoms with E-state index in [0.29, 0.717) is 12.8 Å². The first kappa shape index (κ1) is 11.9. The van der Waals surface area contributed by atoms with Gasteiger partial charge in [-0.25, -0.2) is 0 Å². The summed E-state index contributed by atoms with van der Waals surface area (Å²) in [5.74, 6) is -0.678. The minimum absolute atomic E-state index is 0.557. The highest BCUT2D eigenvalue weighted by Gasteiger charge is 2.36. The summed E-state index contributed by atoms with van der Waals surface area (Å²) >= 11 is 0. The molecule has 0 radical (unpaired) electrons. The number of pyridine rings is 1. The monoisotopic (exact) mass is 234 g/mol. The molecule has 4 heteroatoms. The van der Waals surface area contributed by atoms with Gasteiger partial charge >= 0.3 is 5.97 Å². The van der Waals surface area contributed by atoms with Crippen molar-refractivity contribution in [1.82, 2.24) is 4.98 Å². The normalized spacial score (nSPS) is 19.1. The molecule has 0 atom stereocenters. The molecule has 0 unspecified atom stereocenters. The Kier molecular flexibility index (Phi) is 3.05. The molecule has 1 aliphatic rings. The van der Waals surface area contributed by atoms with Crippen LogP contribution in [0.5, 0.6) is 0 Å². The molecule has 0 spiro atoms. The number of hydrogen-bond acceptors (Lipinski definition) is 3. The summed E-state index contributed by atoms with van der Waals surface area (Å²) in [6.45, 7) is 5.40. The van der Waals surface area contributed by atoms with E-state index in [2.05, 4.69) is 9.88 Å². The van der Waals surface area contributed by atoms with Crippen molar-refractivity contribution in [3.63, 3.8) is 0 Å². The molecule has 1 aromatic rings. The van der Waals surface area contributed by atoms with Crippen LogP contribution in [-0.4, -0.2) is 29.1 Å². The maximum Gasteiger partial charge on any atom is 0.309 e. The molecule has 4 nitrogen and oxygen atoms in total. The molecule has 2 rings (SSSR count). The highest BCUT2D eigenvalue weighted by atomic mass is 16.4. The van der Waals surface area contributed by atoms with Crippen LogP contribution in [0.25, 0.3) is 0 Å². The van der Waals surface area contributed by atoms with Crippen LogP contribution in [0.2, 0.25) is 0 Å². The smallest absolute Gasteiger partial charge is 0.309 e. The third-order valence-electron chi connectivity index (χ3n) is 3.63.